The Morgan fingerprint density at radius 3 is 2.63 bits per heavy atom. The number of imide groups is 1. The molecule has 0 bridgehead atoms. The largest absolute Gasteiger partial charge is 0.325 e. The molecule has 3 amide bonds. The fraction of sp³-hybridized carbons (Fsp3) is 0.0870. The smallest absolute Gasteiger partial charge is 0.305 e. The number of hydrogen-bond acceptors (Lipinski definition) is 4. The van der Waals surface area contributed by atoms with Crippen LogP contribution in [0.5, 0.6) is 0 Å². The molecule has 30 heavy (non-hydrogen) atoms. The monoisotopic (exact) mass is 419 g/mol. The first-order valence-corrected chi connectivity index (χ1v) is 10.2. The number of aromatic nitrogens is 1. The molecule has 4 aromatic rings. The third kappa shape index (κ3) is 4.69. The van der Waals surface area contributed by atoms with E-state index in [1.165, 1.54) is 12.1 Å². The molecule has 0 atom stereocenters. The van der Waals surface area contributed by atoms with Gasteiger partial charge in [-0.25, -0.2) is 9.18 Å². The summed E-state index contributed by atoms with van der Waals surface area (Å²) < 4.78 is 15.6. The predicted octanol–water partition coefficient (Wildman–Crippen LogP) is 4.92. The Morgan fingerprint density at radius 1 is 1.00 bits per heavy atom. The lowest BCUT2D eigenvalue weighted by Crippen LogP contribution is -2.35. The van der Waals surface area contributed by atoms with E-state index in [1.807, 2.05) is 35.7 Å². The van der Waals surface area contributed by atoms with Crippen LogP contribution >= 0.6 is 11.3 Å². The first kappa shape index (κ1) is 19.7. The second-order valence-electron chi connectivity index (χ2n) is 6.76. The highest BCUT2D eigenvalue weighted by Crippen LogP contribution is 2.26. The van der Waals surface area contributed by atoms with E-state index < -0.39 is 17.8 Å². The van der Waals surface area contributed by atoms with Crippen LogP contribution in [0.4, 0.5) is 14.9 Å². The van der Waals surface area contributed by atoms with Gasteiger partial charge in [-0.1, -0.05) is 36.4 Å². The fourth-order valence-corrected chi connectivity index (χ4v) is 4.03. The van der Waals surface area contributed by atoms with Crippen molar-refractivity contribution in [2.24, 2.45) is 0 Å². The summed E-state index contributed by atoms with van der Waals surface area (Å²) in [4.78, 5) is 28.3. The zero-order valence-electron chi connectivity index (χ0n) is 15.9. The molecule has 0 unspecified atom stereocenters. The molecule has 2 aromatic heterocycles. The summed E-state index contributed by atoms with van der Waals surface area (Å²) in [5, 5.41) is 6.58. The minimum Gasteiger partial charge on any atom is -0.305 e. The maximum absolute atomic E-state index is 14.5. The maximum atomic E-state index is 14.5. The average Bonchev–Trinajstić information content (AvgIpc) is 3.20. The van der Waals surface area contributed by atoms with Crippen molar-refractivity contribution >= 4 is 39.2 Å². The molecule has 7 heteroatoms. The van der Waals surface area contributed by atoms with Crippen LogP contribution in [0.15, 0.2) is 72.2 Å². The Bertz CT molecular complexity index is 1210. The Morgan fingerprint density at radius 2 is 1.83 bits per heavy atom. The summed E-state index contributed by atoms with van der Waals surface area (Å²) in [7, 11) is 0. The van der Waals surface area contributed by atoms with Gasteiger partial charge in [0.15, 0.2) is 0 Å². The standard InChI is InChI=1S/C23H18FN3O2S/c24-18-13-16(12-17-8-10-25-20-9-11-30-22(17)20)6-7-19(18)26-23(29)27-21(28)14-15-4-2-1-3-5-15/h1-11,13H,12,14H2,(H2,26,27,28,29). The summed E-state index contributed by atoms with van der Waals surface area (Å²) in [5.74, 6) is -1.02. The summed E-state index contributed by atoms with van der Waals surface area (Å²) in [6.07, 6.45) is 2.37. The minimum atomic E-state index is -0.767. The summed E-state index contributed by atoms with van der Waals surface area (Å²) in [6.45, 7) is 0. The first-order chi connectivity index (χ1) is 14.6. The number of nitrogens with one attached hydrogen (secondary N) is 2. The van der Waals surface area contributed by atoms with Crippen molar-refractivity contribution in [1.29, 1.82) is 0 Å². The molecule has 2 heterocycles. The molecule has 4 rings (SSSR count). The van der Waals surface area contributed by atoms with Gasteiger partial charge in [0, 0.05) is 6.20 Å². The topological polar surface area (TPSA) is 71.1 Å². The van der Waals surface area contributed by atoms with Crippen LogP contribution in [-0.4, -0.2) is 16.9 Å². The van der Waals surface area contributed by atoms with Crippen molar-refractivity contribution in [2.45, 2.75) is 12.8 Å². The zero-order valence-corrected chi connectivity index (χ0v) is 16.7. The number of anilines is 1. The van der Waals surface area contributed by atoms with Gasteiger partial charge in [0.05, 0.1) is 22.3 Å². The van der Waals surface area contributed by atoms with Crippen molar-refractivity contribution < 1.29 is 14.0 Å². The molecular weight excluding hydrogens is 401 g/mol. The highest BCUT2D eigenvalue weighted by molar-refractivity contribution is 7.17. The van der Waals surface area contributed by atoms with Crippen molar-refractivity contribution in [3.63, 3.8) is 0 Å². The van der Waals surface area contributed by atoms with Gasteiger partial charge in [0.2, 0.25) is 5.91 Å². The molecule has 0 aliphatic heterocycles. The molecule has 5 nitrogen and oxygen atoms in total. The number of thiophene rings is 1. The molecule has 0 spiro atoms. The van der Waals surface area contributed by atoms with E-state index in [0.717, 1.165) is 26.9 Å². The molecule has 0 radical (unpaired) electrons. The van der Waals surface area contributed by atoms with Gasteiger partial charge >= 0.3 is 6.03 Å². The van der Waals surface area contributed by atoms with E-state index in [9.17, 15) is 14.0 Å². The summed E-state index contributed by atoms with van der Waals surface area (Å²) in [6, 6.07) is 16.8. The molecule has 0 saturated heterocycles. The number of benzene rings is 2. The second kappa shape index (κ2) is 8.84. The van der Waals surface area contributed by atoms with E-state index in [-0.39, 0.29) is 12.1 Å². The van der Waals surface area contributed by atoms with Crippen molar-refractivity contribution in [3.8, 4) is 0 Å². The average molecular weight is 419 g/mol. The number of fused-ring (bicyclic) bond motifs is 1. The lowest BCUT2D eigenvalue weighted by atomic mass is 10.0. The number of carbonyl (C=O) groups is 2. The van der Waals surface area contributed by atoms with Crippen LogP contribution in [0, 0.1) is 5.82 Å². The Balaban J connectivity index is 1.39. The quantitative estimate of drug-likeness (QED) is 0.482. The number of hydrogen-bond donors (Lipinski definition) is 2. The molecule has 2 aromatic carbocycles. The lowest BCUT2D eigenvalue weighted by Gasteiger charge is -2.10. The van der Waals surface area contributed by atoms with Crippen LogP contribution < -0.4 is 10.6 Å². The van der Waals surface area contributed by atoms with E-state index in [4.69, 9.17) is 0 Å². The number of halogens is 1. The molecule has 2 N–H and O–H groups in total. The molecular formula is C23H18FN3O2S. The highest BCUT2D eigenvalue weighted by atomic mass is 32.1. The highest BCUT2D eigenvalue weighted by Gasteiger charge is 2.12. The molecule has 150 valence electrons. The zero-order chi connectivity index (χ0) is 20.9. The third-order valence-corrected chi connectivity index (χ3v) is 5.54. The van der Waals surface area contributed by atoms with Crippen molar-refractivity contribution in [3.05, 3.63) is 94.7 Å². The molecule has 0 saturated carbocycles. The SMILES string of the molecule is O=C(Cc1ccccc1)NC(=O)Nc1ccc(Cc2ccnc3ccsc23)cc1F. The first-order valence-electron chi connectivity index (χ1n) is 9.33. The molecule has 0 fully saturated rings. The molecule has 0 aliphatic rings. The molecule has 0 aliphatic carbocycles. The predicted molar refractivity (Wildman–Crippen MR) is 116 cm³/mol. The number of pyridine rings is 1. The number of carbonyl (C=O) groups excluding carboxylic acids is 2. The van der Waals surface area contributed by atoms with Crippen LogP contribution in [-0.2, 0) is 17.6 Å². The van der Waals surface area contributed by atoms with Crippen LogP contribution in [0.2, 0.25) is 0 Å². The summed E-state index contributed by atoms with van der Waals surface area (Å²) >= 11 is 1.60. The van der Waals surface area contributed by atoms with Gasteiger partial charge < -0.3 is 5.32 Å². The maximum Gasteiger partial charge on any atom is 0.325 e. The van der Waals surface area contributed by atoms with Gasteiger partial charge in [0.25, 0.3) is 0 Å². The van der Waals surface area contributed by atoms with E-state index in [2.05, 4.69) is 15.6 Å². The van der Waals surface area contributed by atoms with Crippen LogP contribution in [0.1, 0.15) is 16.7 Å². The normalized spacial score (nSPS) is 10.7. The van der Waals surface area contributed by atoms with Gasteiger partial charge in [-0.3, -0.25) is 15.1 Å². The Hall–Kier alpha value is -3.58. The number of amides is 3. The number of urea groups is 1. The van der Waals surface area contributed by atoms with E-state index in [0.29, 0.717) is 6.42 Å². The van der Waals surface area contributed by atoms with E-state index in [1.54, 1.807) is 35.7 Å². The Kier molecular flexibility index (Phi) is 5.81. The van der Waals surface area contributed by atoms with Gasteiger partial charge in [-0.15, -0.1) is 11.3 Å². The van der Waals surface area contributed by atoms with Gasteiger partial charge in [0.1, 0.15) is 5.82 Å². The van der Waals surface area contributed by atoms with E-state index >= 15 is 0 Å². The third-order valence-electron chi connectivity index (χ3n) is 4.56. The van der Waals surface area contributed by atoms with Crippen molar-refractivity contribution in [2.75, 3.05) is 5.32 Å². The minimum absolute atomic E-state index is 0.0137. The lowest BCUT2D eigenvalue weighted by molar-refractivity contribution is -0.119. The van der Waals surface area contributed by atoms with Crippen molar-refractivity contribution in [1.82, 2.24) is 10.3 Å². The van der Waals surface area contributed by atoms with Gasteiger partial charge in [-0.2, -0.15) is 0 Å². The Labute approximate surface area is 176 Å². The fourth-order valence-electron chi connectivity index (χ4n) is 3.16. The number of nitrogens with zero attached hydrogens (tertiary/aromatic N) is 1. The summed E-state index contributed by atoms with van der Waals surface area (Å²) in [5.41, 5.74) is 3.57. The second-order valence-corrected chi connectivity index (χ2v) is 7.68. The van der Waals surface area contributed by atoms with Crippen LogP contribution in [0.3, 0.4) is 0 Å². The van der Waals surface area contributed by atoms with Crippen LogP contribution in [0.25, 0.3) is 10.2 Å². The number of rotatable bonds is 5. The van der Waals surface area contributed by atoms with Gasteiger partial charge in [-0.05, 0) is 52.8 Å².